The topological polar surface area (TPSA) is 58.6 Å². The van der Waals surface area contributed by atoms with Gasteiger partial charge in [-0.1, -0.05) is 12.1 Å². The summed E-state index contributed by atoms with van der Waals surface area (Å²) in [5.41, 5.74) is 0. The molecule has 0 spiro atoms. The fourth-order valence-electron chi connectivity index (χ4n) is 3.19. The van der Waals surface area contributed by atoms with Crippen LogP contribution in [0, 0.1) is 11.8 Å². The van der Waals surface area contributed by atoms with Crippen molar-refractivity contribution in [2.75, 3.05) is 33.3 Å². The van der Waals surface area contributed by atoms with E-state index in [0.29, 0.717) is 30.7 Å². The summed E-state index contributed by atoms with van der Waals surface area (Å²) in [6, 6.07) is 6.83. The van der Waals surface area contributed by atoms with Crippen molar-refractivity contribution in [2.24, 2.45) is 11.8 Å². The molecular formula is C14H21ClN2O3S. The Morgan fingerprint density at radius 1 is 1.24 bits per heavy atom. The molecule has 5 nitrogen and oxygen atoms in total. The van der Waals surface area contributed by atoms with Crippen molar-refractivity contribution < 1.29 is 13.2 Å². The number of halogens is 1. The van der Waals surface area contributed by atoms with E-state index < -0.39 is 10.0 Å². The molecule has 0 aromatic heterocycles. The maximum atomic E-state index is 12.8. The van der Waals surface area contributed by atoms with Crippen molar-refractivity contribution in [1.82, 2.24) is 9.62 Å². The van der Waals surface area contributed by atoms with Crippen LogP contribution in [0.1, 0.15) is 6.42 Å². The Hall–Kier alpha value is -0.820. The van der Waals surface area contributed by atoms with Crippen LogP contribution in [0.25, 0.3) is 0 Å². The first-order chi connectivity index (χ1) is 9.63. The predicted octanol–water partition coefficient (Wildman–Crippen LogP) is 1.35. The lowest BCUT2D eigenvalue weighted by atomic mass is 9.90. The number of fused-ring (bicyclic) bond motifs is 1. The minimum atomic E-state index is -3.46. The van der Waals surface area contributed by atoms with Gasteiger partial charge in [0.05, 0.1) is 7.11 Å². The van der Waals surface area contributed by atoms with E-state index in [-0.39, 0.29) is 17.3 Å². The van der Waals surface area contributed by atoms with Gasteiger partial charge in [-0.2, -0.15) is 4.31 Å². The van der Waals surface area contributed by atoms with Crippen molar-refractivity contribution in [3.63, 3.8) is 0 Å². The number of benzene rings is 1. The van der Waals surface area contributed by atoms with Gasteiger partial charge in [-0.25, -0.2) is 8.42 Å². The van der Waals surface area contributed by atoms with Crippen LogP contribution in [0.2, 0.25) is 0 Å². The first kappa shape index (κ1) is 16.5. The third-order valence-electron chi connectivity index (χ3n) is 4.35. The van der Waals surface area contributed by atoms with E-state index in [4.69, 9.17) is 4.74 Å². The highest BCUT2D eigenvalue weighted by atomic mass is 35.5. The second-order valence-electron chi connectivity index (χ2n) is 5.48. The largest absolute Gasteiger partial charge is 0.495 e. The van der Waals surface area contributed by atoms with E-state index >= 15 is 0 Å². The Morgan fingerprint density at radius 2 is 1.95 bits per heavy atom. The van der Waals surface area contributed by atoms with Gasteiger partial charge >= 0.3 is 0 Å². The Morgan fingerprint density at radius 3 is 2.71 bits per heavy atom. The molecule has 2 atom stereocenters. The third-order valence-corrected chi connectivity index (χ3v) is 6.26. The number of nitrogens with zero attached hydrogens (tertiary/aromatic N) is 1. The quantitative estimate of drug-likeness (QED) is 0.907. The number of hydrogen-bond acceptors (Lipinski definition) is 4. The molecule has 21 heavy (non-hydrogen) atoms. The fourth-order valence-corrected chi connectivity index (χ4v) is 4.86. The van der Waals surface area contributed by atoms with Crippen LogP contribution in [0.15, 0.2) is 29.2 Å². The number of ether oxygens (including phenoxy) is 1. The number of para-hydroxylation sites is 1. The highest BCUT2D eigenvalue weighted by Crippen LogP contribution is 2.32. The van der Waals surface area contributed by atoms with Gasteiger partial charge in [-0.3, -0.25) is 0 Å². The van der Waals surface area contributed by atoms with Crippen LogP contribution in [0.4, 0.5) is 0 Å². The second-order valence-corrected chi connectivity index (χ2v) is 7.39. The molecule has 0 radical (unpaired) electrons. The first-order valence-electron chi connectivity index (χ1n) is 6.97. The minimum Gasteiger partial charge on any atom is -0.495 e. The molecule has 118 valence electrons. The molecule has 0 bridgehead atoms. The molecule has 0 amide bonds. The summed E-state index contributed by atoms with van der Waals surface area (Å²) < 4.78 is 32.4. The molecule has 2 heterocycles. The summed E-state index contributed by atoms with van der Waals surface area (Å²) in [5, 5.41) is 3.35. The molecule has 1 aromatic carbocycles. The Kier molecular flexibility index (Phi) is 5.14. The van der Waals surface area contributed by atoms with Crippen LogP contribution < -0.4 is 10.1 Å². The Balaban J connectivity index is 0.00000161. The average molecular weight is 333 g/mol. The van der Waals surface area contributed by atoms with Crippen molar-refractivity contribution in [3.05, 3.63) is 24.3 Å². The average Bonchev–Trinajstić information content (AvgIpc) is 2.94. The zero-order valence-electron chi connectivity index (χ0n) is 12.0. The van der Waals surface area contributed by atoms with Gasteiger partial charge in [0.1, 0.15) is 10.6 Å². The Bertz CT molecular complexity index is 594. The SMILES string of the molecule is COc1ccccc1S(=O)(=O)N1CCC2CNCC2C1.Cl. The molecule has 1 N–H and O–H groups in total. The lowest BCUT2D eigenvalue weighted by molar-refractivity contribution is 0.227. The summed E-state index contributed by atoms with van der Waals surface area (Å²) in [6.07, 6.45) is 0.937. The molecule has 0 aliphatic carbocycles. The monoisotopic (exact) mass is 332 g/mol. The van der Waals surface area contributed by atoms with Gasteiger partial charge in [0.2, 0.25) is 10.0 Å². The van der Waals surface area contributed by atoms with Crippen LogP contribution in [-0.2, 0) is 10.0 Å². The molecule has 2 aliphatic rings. The second kappa shape index (κ2) is 6.52. The van der Waals surface area contributed by atoms with E-state index in [1.54, 1.807) is 28.6 Å². The smallest absolute Gasteiger partial charge is 0.246 e. The van der Waals surface area contributed by atoms with Gasteiger partial charge < -0.3 is 10.1 Å². The molecule has 2 fully saturated rings. The number of hydrogen-bond donors (Lipinski definition) is 1. The number of methoxy groups -OCH3 is 1. The summed E-state index contributed by atoms with van der Waals surface area (Å²) >= 11 is 0. The molecule has 1 aromatic rings. The van der Waals surface area contributed by atoms with E-state index in [1.165, 1.54) is 7.11 Å². The van der Waals surface area contributed by atoms with Crippen molar-refractivity contribution in [3.8, 4) is 5.75 Å². The van der Waals surface area contributed by atoms with Crippen molar-refractivity contribution in [1.29, 1.82) is 0 Å². The number of piperidine rings is 1. The maximum absolute atomic E-state index is 12.8. The zero-order valence-corrected chi connectivity index (χ0v) is 13.6. The van der Waals surface area contributed by atoms with Gasteiger partial charge in [0.25, 0.3) is 0 Å². The third kappa shape index (κ3) is 3.04. The van der Waals surface area contributed by atoms with Gasteiger partial charge in [0, 0.05) is 13.1 Å². The maximum Gasteiger partial charge on any atom is 0.246 e. The molecule has 0 saturated carbocycles. The lowest BCUT2D eigenvalue weighted by Gasteiger charge is -2.33. The van der Waals surface area contributed by atoms with Gasteiger partial charge in [-0.15, -0.1) is 12.4 Å². The summed E-state index contributed by atoms with van der Waals surface area (Å²) in [7, 11) is -1.96. The van der Waals surface area contributed by atoms with Crippen LogP contribution in [0.5, 0.6) is 5.75 Å². The molecule has 2 unspecified atom stereocenters. The van der Waals surface area contributed by atoms with Crippen LogP contribution >= 0.6 is 12.4 Å². The number of nitrogens with one attached hydrogen (secondary N) is 1. The van der Waals surface area contributed by atoms with Gasteiger partial charge in [0.15, 0.2) is 0 Å². The Labute approximate surface area is 132 Å². The molecule has 2 aliphatic heterocycles. The zero-order chi connectivity index (χ0) is 14.2. The number of rotatable bonds is 3. The summed E-state index contributed by atoms with van der Waals surface area (Å²) in [5.74, 6) is 1.48. The predicted molar refractivity (Wildman–Crippen MR) is 83.5 cm³/mol. The summed E-state index contributed by atoms with van der Waals surface area (Å²) in [6.45, 7) is 3.15. The van der Waals surface area contributed by atoms with E-state index in [2.05, 4.69) is 5.32 Å². The normalized spacial score (nSPS) is 26.0. The minimum absolute atomic E-state index is 0. The van der Waals surface area contributed by atoms with Crippen molar-refractivity contribution in [2.45, 2.75) is 11.3 Å². The van der Waals surface area contributed by atoms with E-state index in [0.717, 1.165) is 19.5 Å². The van der Waals surface area contributed by atoms with Crippen LogP contribution in [0.3, 0.4) is 0 Å². The van der Waals surface area contributed by atoms with E-state index in [9.17, 15) is 8.42 Å². The highest BCUT2D eigenvalue weighted by molar-refractivity contribution is 7.89. The lowest BCUT2D eigenvalue weighted by Crippen LogP contribution is -2.43. The highest BCUT2D eigenvalue weighted by Gasteiger charge is 2.38. The standard InChI is InChI=1S/C14H20N2O3S.ClH/c1-19-13-4-2-3-5-14(13)20(17,18)16-7-6-11-8-15-9-12(11)10-16;/h2-5,11-12,15H,6-10H2,1H3;1H. The van der Waals surface area contributed by atoms with Crippen LogP contribution in [-0.4, -0.2) is 46.0 Å². The molecule has 2 saturated heterocycles. The molecule has 3 rings (SSSR count). The number of sulfonamides is 1. The van der Waals surface area contributed by atoms with Gasteiger partial charge in [-0.05, 0) is 43.5 Å². The fraction of sp³-hybridized carbons (Fsp3) is 0.571. The molecule has 7 heteroatoms. The van der Waals surface area contributed by atoms with E-state index in [1.807, 2.05) is 0 Å². The molecular weight excluding hydrogens is 312 g/mol. The summed E-state index contributed by atoms with van der Waals surface area (Å²) in [4.78, 5) is 0.270. The van der Waals surface area contributed by atoms with Crippen molar-refractivity contribution >= 4 is 22.4 Å². The first-order valence-corrected chi connectivity index (χ1v) is 8.41.